The Morgan fingerprint density at radius 3 is 2.88 bits per heavy atom. The highest BCUT2D eigenvalue weighted by Gasteiger charge is 2.12. The number of para-hydroxylation sites is 1. The molecular weight excluding hydrogens is 208 g/mol. The van der Waals surface area contributed by atoms with Crippen LogP contribution in [0.25, 0.3) is 0 Å². The van der Waals surface area contributed by atoms with E-state index in [0.717, 1.165) is 0 Å². The maximum atomic E-state index is 11.6. The van der Waals surface area contributed by atoms with Crippen molar-refractivity contribution in [2.75, 3.05) is 12.3 Å². The molecule has 5 heteroatoms. The molecule has 0 aliphatic heterocycles. The molecule has 0 aliphatic rings. The Bertz CT molecular complexity index is 377. The molecule has 1 aromatic rings. The summed E-state index contributed by atoms with van der Waals surface area (Å²) in [5, 5.41) is 21.1. The highest BCUT2D eigenvalue weighted by atomic mass is 16.3. The molecule has 0 aliphatic carbocycles. The molecule has 0 aromatic heterocycles. The van der Waals surface area contributed by atoms with E-state index in [0.29, 0.717) is 13.0 Å². The number of carbonyl (C=O) groups is 1. The third-order valence-corrected chi connectivity index (χ3v) is 2.16. The quantitative estimate of drug-likeness (QED) is 0.441. The van der Waals surface area contributed by atoms with Crippen molar-refractivity contribution in [2.24, 2.45) is 0 Å². The molecular formula is C11H16N2O3. The minimum Gasteiger partial charge on any atom is -0.505 e. The van der Waals surface area contributed by atoms with Gasteiger partial charge in [0.15, 0.2) is 5.75 Å². The summed E-state index contributed by atoms with van der Waals surface area (Å²) in [4.78, 5) is 11.6. The summed E-state index contributed by atoms with van der Waals surface area (Å²) < 4.78 is 0. The molecule has 16 heavy (non-hydrogen) atoms. The number of hydrogen-bond donors (Lipinski definition) is 4. The third kappa shape index (κ3) is 3.13. The van der Waals surface area contributed by atoms with Crippen LogP contribution >= 0.6 is 0 Å². The molecule has 1 aromatic carbocycles. The first-order valence-corrected chi connectivity index (χ1v) is 5.06. The Morgan fingerprint density at radius 2 is 2.25 bits per heavy atom. The van der Waals surface area contributed by atoms with Gasteiger partial charge in [0.2, 0.25) is 0 Å². The maximum absolute atomic E-state index is 11.6. The number of hydrogen-bond acceptors (Lipinski definition) is 4. The van der Waals surface area contributed by atoms with Crippen LogP contribution in [0.4, 0.5) is 5.69 Å². The van der Waals surface area contributed by atoms with Crippen molar-refractivity contribution in [1.82, 2.24) is 5.32 Å². The van der Waals surface area contributed by atoms with Gasteiger partial charge in [-0.1, -0.05) is 6.07 Å². The minimum absolute atomic E-state index is 0.144. The van der Waals surface area contributed by atoms with E-state index in [9.17, 15) is 9.90 Å². The molecule has 88 valence electrons. The van der Waals surface area contributed by atoms with E-state index in [1.54, 1.807) is 13.0 Å². The number of nitrogens with one attached hydrogen (secondary N) is 1. The van der Waals surface area contributed by atoms with Crippen molar-refractivity contribution >= 4 is 11.6 Å². The number of benzene rings is 1. The standard InChI is InChI=1S/C11H16N2O3/c1-7(14)5-6-13-11(16)8-3-2-4-9(12)10(8)15/h2-4,7,14-15H,5-6,12H2,1H3,(H,13,16). The van der Waals surface area contributed by atoms with E-state index < -0.39 is 12.0 Å². The molecule has 0 bridgehead atoms. The first kappa shape index (κ1) is 12.3. The Balaban J connectivity index is 2.63. The monoisotopic (exact) mass is 224 g/mol. The van der Waals surface area contributed by atoms with Gasteiger partial charge in [0.25, 0.3) is 5.91 Å². The van der Waals surface area contributed by atoms with Gasteiger partial charge in [0.05, 0.1) is 17.4 Å². The number of rotatable bonds is 4. The molecule has 0 spiro atoms. The van der Waals surface area contributed by atoms with Crippen LogP contribution < -0.4 is 11.1 Å². The minimum atomic E-state index is -0.463. The van der Waals surface area contributed by atoms with Crippen molar-refractivity contribution in [3.63, 3.8) is 0 Å². The lowest BCUT2D eigenvalue weighted by atomic mass is 10.1. The molecule has 5 N–H and O–H groups in total. The second kappa shape index (κ2) is 5.37. The molecule has 1 unspecified atom stereocenters. The molecule has 5 nitrogen and oxygen atoms in total. The number of phenols is 1. The van der Waals surface area contributed by atoms with Crippen molar-refractivity contribution in [2.45, 2.75) is 19.4 Å². The van der Waals surface area contributed by atoms with Crippen LogP contribution in [-0.2, 0) is 0 Å². The number of nitrogen functional groups attached to an aromatic ring is 1. The summed E-state index contributed by atoms with van der Waals surface area (Å²) in [6.45, 7) is 1.99. The zero-order chi connectivity index (χ0) is 12.1. The average molecular weight is 224 g/mol. The van der Waals surface area contributed by atoms with Crippen LogP contribution in [-0.4, -0.2) is 28.8 Å². The Kier molecular flexibility index (Phi) is 4.13. The van der Waals surface area contributed by atoms with Crippen LogP contribution in [0.1, 0.15) is 23.7 Å². The number of amides is 1. The number of aromatic hydroxyl groups is 1. The predicted octanol–water partition coefficient (Wildman–Crippen LogP) is 0.475. The second-order valence-corrected chi connectivity index (χ2v) is 3.64. The van der Waals surface area contributed by atoms with Crippen molar-refractivity contribution < 1.29 is 15.0 Å². The highest BCUT2D eigenvalue weighted by Crippen LogP contribution is 2.23. The van der Waals surface area contributed by atoms with Crippen LogP contribution in [0.2, 0.25) is 0 Å². The highest BCUT2D eigenvalue weighted by molar-refractivity contribution is 5.98. The van der Waals surface area contributed by atoms with Crippen molar-refractivity contribution in [3.05, 3.63) is 23.8 Å². The van der Waals surface area contributed by atoms with Gasteiger partial charge in [-0.25, -0.2) is 0 Å². The predicted molar refractivity (Wildman–Crippen MR) is 61.2 cm³/mol. The molecule has 0 heterocycles. The second-order valence-electron chi connectivity index (χ2n) is 3.64. The Hall–Kier alpha value is -1.75. The smallest absolute Gasteiger partial charge is 0.255 e. The van der Waals surface area contributed by atoms with E-state index in [2.05, 4.69) is 5.32 Å². The molecule has 1 atom stereocenters. The van der Waals surface area contributed by atoms with Crippen LogP contribution in [0.5, 0.6) is 5.75 Å². The van der Waals surface area contributed by atoms with Gasteiger partial charge in [0, 0.05) is 6.54 Å². The SMILES string of the molecule is CC(O)CCNC(=O)c1cccc(N)c1O. The molecule has 0 fully saturated rings. The largest absolute Gasteiger partial charge is 0.505 e. The van der Waals surface area contributed by atoms with Gasteiger partial charge in [0.1, 0.15) is 0 Å². The normalized spacial score (nSPS) is 12.1. The summed E-state index contributed by atoms with van der Waals surface area (Å²) in [6.07, 6.45) is 0.00388. The Labute approximate surface area is 93.9 Å². The van der Waals surface area contributed by atoms with Crippen molar-refractivity contribution in [3.8, 4) is 5.75 Å². The van der Waals surface area contributed by atoms with Gasteiger partial charge in [-0.2, -0.15) is 0 Å². The maximum Gasteiger partial charge on any atom is 0.255 e. The van der Waals surface area contributed by atoms with E-state index >= 15 is 0 Å². The van der Waals surface area contributed by atoms with Gasteiger partial charge in [-0.3, -0.25) is 4.79 Å². The summed E-state index contributed by atoms with van der Waals surface area (Å²) >= 11 is 0. The third-order valence-electron chi connectivity index (χ3n) is 2.16. The van der Waals surface area contributed by atoms with Gasteiger partial charge in [-0.05, 0) is 25.5 Å². The first-order chi connectivity index (χ1) is 7.52. The van der Waals surface area contributed by atoms with E-state index in [1.807, 2.05) is 0 Å². The zero-order valence-electron chi connectivity index (χ0n) is 9.10. The summed E-state index contributed by atoms with van der Waals surface area (Å²) in [5.74, 6) is -0.609. The zero-order valence-corrected chi connectivity index (χ0v) is 9.10. The summed E-state index contributed by atoms with van der Waals surface area (Å²) in [6, 6.07) is 4.60. The van der Waals surface area contributed by atoms with Gasteiger partial charge < -0.3 is 21.3 Å². The van der Waals surface area contributed by atoms with Crippen molar-refractivity contribution in [1.29, 1.82) is 0 Å². The van der Waals surface area contributed by atoms with E-state index in [-0.39, 0.29) is 17.0 Å². The fourth-order valence-corrected chi connectivity index (χ4v) is 1.23. The fourth-order valence-electron chi connectivity index (χ4n) is 1.23. The van der Waals surface area contributed by atoms with Gasteiger partial charge >= 0.3 is 0 Å². The Morgan fingerprint density at radius 1 is 1.56 bits per heavy atom. The van der Waals surface area contributed by atoms with Crippen LogP contribution in [0, 0.1) is 0 Å². The van der Waals surface area contributed by atoms with E-state index in [4.69, 9.17) is 10.8 Å². The lowest BCUT2D eigenvalue weighted by molar-refractivity contribution is 0.0943. The topological polar surface area (TPSA) is 95.6 Å². The molecule has 1 amide bonds. The van der Waals surface area contributed by atoms with Crippen LogP contribution in [0.3, 0.4) is 0 Å². The molecule has 0 saturated heterocycles. The average Bonchev–Trinajstić information content (AvgIpc) is 2.21. The summed E-state index contributed by atoms with van der Waals surface area (Å²) in [7, 11) is 0. The van der Waals surface area contributed by atoms with E-state index in [1.165, 1.54) is 12.1 Å². The number of carbonyl (C=O) groups excluding carboxylic acids is 1. The number of nitrogens with two attached hydrogens (primary N) is 1. The number of phenolic OH excluding ortho intramolecular Hbond substituents is 1. The lowest BCUT2D eigenvalue weighted by Crippen LogP contribution is -2.26. The number of anilines is 1. The number of aliphatic hydroxyl groups is 1. The first-order valence-electron chi connectivity index (χ1n) is 5.06. The summed E-state index contributed by atoms with van der Waals surface area (Å²) in [5.41, 5.74) is 5.78. The van der Waals surface area contributed by atoms with Crippen LogP contribution in [0.15, 0.2) is 18.2 Å². The number of aliphatic hydroxyl groups excluding tert-OH is 1. The lowest BCUT2D eigenvalue weighted by Gasteiger charge is -2.08. The fraction of sp³-hybridized carbons (Fsp3) is 0.364. The molecule has 1 rings (SSSR count). The molecule has 0 saturated carbocycles. The van der Waals surface area contributed by atoms with Gasteiger partial charge in [-0.15, -0.1) is 0 Å². The molecule has 0 radical (unpaired) electrons.